The highest BCUT2D eigenvalue weighted by Gasteiger charge is 2.10. The maximum Gasteiger partial charge on any atom is 0.222 e. The summed E-state index contributed by atoms with van der Waals surface area (Å²) in [5.74, 6) is 1.03. The highest BCUT2D eigenvalue weighted by atomic mass is 32.1. The third kappa shape index (κ3) is 4.31. The van der Waals surface area contributed by atoms with Crippen LogP contribution in [0, 0.1) is 5.92 Å². The molecule has 1 atom stereocenters. The molecule has 2 aromatic rings. The average Bonchev–Trinajstić information content (AvgIpc) is 3.02. The van der Waals surface area contributed by atoms with Gasteiger partial charge in [0.1, 0.15) is 5.75 Å². The predicted molar refractivity (Wildman–Crippen MR) is 90.3 cm³/mol. The van der Waals surface area contributed by atoms with E-state index in [0.29, 0.717) is 6.54 Å². The minimum atomic E-state index is 0.0751. The number of hydrogen-bond donors (Lipinski definition) is 1. The third-order valence-electron chi connectivity index (χ3n) is 3.64. The Kier molecular flexibility index (Phi) is 5.95. The second-order valence-corrected chi connectivity index (χ2v) is 6.15. The molecule has 4 nitrogen and oxygen atoms in total. The van der Waals surface area contributed by atoms with Crippen LogP contribution < -0.4 is 10.1 Å². The van der Waals surface area contributed by atoms with Gasteiger partial charge in [0.25, 0.3) is 0 Å². The molecule has 118 valence electrons. The molecule has 1 N–H and O–H groups in total. The zero-order valence-corrected chi connectivity index (χ0v) is 14.1. The smallest absolute Gasteiger partial charge is 0.222 e. The minimum absolute atomic E-state index is 0.0751. The molecule has 0 bridgehead atoms. The van der Waals surface area contributed by atoms with Crippen molar-refractivity contribution < 1.29 is 9.53 Å². The van der Waals surface area contributed by atoms with Gasteiger partial charge < -0.3 is 10.1 Å². The largest absolute Gasteiger partial charge is 0.497 e. The van der Waals surface area contributed by atoms with Crippen molar-refractivity contribution in [2.24, 2.45) is 5.92 Å². The first-order valence-electron chi connectivity index (χ1n) is 7.50. The SMILES string of the molecule is CC[C@@H](C)C(=O)NCCc1nc(-c2ccc(OC)cc2)cs1. The molecule has 0 aliphatic rings. The van der Waals surface area contributed by atoms with Crippen LogP contribution in [0.25, 0.3) is 11.3 Å². The summed E-state index contributed by atoms with van der Waals surface area (Å²) in [7, 11) is 1.66. The second kappa shape index (κ2) is 7.94. The molecule has 0 aliphatic carbocycles. The number of carbonyl (C=O) groups excluding carboxylic acids is 1. The van der Waals surface area contributed by atoms with Gasteiger partial charge in [-0.3, -0.25) is 4.79 Å². The number of ether oxygens (including phenoxy) is 1. The Morgan fingerprint density at radius 2 is 2.09 bits per heavy atom. The van der Waals surface area contributed by atoms with Crippen molar-refractivity contribution in [3.63, 3.8) is 0 Å². The molecule has 0 saturated carbocycles. The lowest BCUT2D eigenvalue weighted by Crippen LogP contribution is -2.30. The monoisotopic (exact) mass is 318 g/mol. The first-order chi connectivity index (χ1) is 10.6. The average molecular weight is 318 g/mol. The van der Waals surface area contributed by atoms with E-state index in [1.54, 1.807) is 18.4 Å². The van der Waals surface area contributed by atoms with Gasteiger partial charge in [0.15, 0.2) is 0 Å². The molecule has 22 heavy (non-hydrogen) atoms. The number of nitrogens with zero attached hydrogens (tertiary/aromatic N) is 1. The van der Waals surface area contributed by atoms with Gasteiger partial charge in [0.2, 0.25) is 5.91 Å². The Morgan fingerprint density at radius 1 is 1.36 bits per heavy atom. The number of aromatic nitrogens is 1. The third-order valence-corrected chi connectivity index (χ3v) is 4.54. The molecule has 2 rings (SSSR count). The number of amides is 1. The number of rotatable bonds is 7. The zero-order valence-electron chi connectivity index (χ0n) is 13.3. The van der Waals surface area contributed by atoms with Crippen LogP contribution in [0.15, 0.2) is 29.6 Å². The Hall–Kier alpha value is -1.88. The summed E-state index contributed by atoms with van der Waals surface area (Å²) in [6, 6.07) is 7.87. The lowest BCUT2D eigenvalue weighted by atomic mass is 10.1. The lowest BCUT2D eigenvalue weighted by Gasteiger charge is -2.08. The van der Waals surface area contributed by atoms with Crippen molar-refractivity contribution >= 4 is 17.2 Å². The van der Waals surface area contributed by atoms with E-state index in [2.05, 4.69) is 10.3 Å². The summed E-state index contributed by atoms with van der Waals surface area (Å²) in [4.78, 5) is 16.3. The van der Waals surface area contributed by atoms with Gasteiger partial charge in [-0.25, -0.2) is 4.98 Å². The van der Waals surface area contributed by atoms with Crippen LogP contribution in [0.4, 0.5) is 0 Å². The molecule has 1 heterocycles. The molecule has 0 unspecified atom stereocenters. The van der Waals surface area contributed by atoms with Gasteiger partial charge >= 0.3 is 0 Å². The van der Waals surface area contributed by atoms with Crippen LogP contribution in [0.3, 0.4) is 0 Å². The molecule has 5 heteroatoms. The van der Waals surface area contributed by atoms with Crippen LogP contribution in [0.1, 0.15) is 25.3 Å². The van der Waals surface area contributed by atoms with Gasteiger partial charge in [-0.15, -0.1) is 11.3 Å². The fourth-order valence-electron chi connectivity index (χ4n) is 1.97. The van der Waals surface area contributed by atoms with E-state index < -0.39 is 0 Å². The molecular formula is C17H22N2O2S. The van der Waals surface area contributed by atoms with E-state index in [-0.39, 0.29) is 11.8 Å². The molecule has 0 spiro atoms. The van der Waals surface area contributed by atoms with E-state index >= 15 is 0 Å². The number of methoxy groups -OCH3 is 1. The van der Waals surface area contributed by atoms with Gasteiger partial charge in [-0.1, -0.05) is 13.8 Å². The summed E-state index contributed by atoms with van der Waals surface area (Å²) in [6.07, 6.45) is 1.63. The van der Waals surface area contributed by atoms with E-state index in [1.807, 2.05) is 43.5 Å². The highest BCUT2D eigenvalue weighted by Crippen LogP contribution is 2.24. The zero-order chi connectivity index (χ0) is 15.9. The summed E-state index contributed by atoms with van der Waals surface area (Å²) in [6.45, 7) is 4.60. The molecule has 0 fully saturated rings. The minimum Gasteiger partial charge on any atom is -0.497 e. The second-order valence-electron chi connectivity index (χ2n) is 5.21. The van der Waals surface area contributed by atoms with E-state index in [1.165, 1.54) is 0 Å². The predicted octanol–water partition coefficient (Wildman–Crippen LogP) is 3.52. The normalized spacial score (nSPS) is 12.0. The van der Waals surface area contributed by atoms with Gasteiger partial charge in [-0.05, 0) is 30.7 Å². The highest BCUT2D eigenvalue weighted by molar-refractivity contribution is 7.09. The maximum atomic E-state index is 11.7. The molecule has 1 amide bonds. The number of nitrogens with one attached hydrogen (secondary N) is 1. The number of thiazole rings is 1. The van der Waals surface area contributed by atoms with E-state index in [4.69, 9.17) is 4.74 Å². The number of carbonyl (C=O) groups is 1. The van der Waals surface area contributed by atoms with Crippen molar-refractivity contribution in [2.45, 2.75) is 26.7 Å². The first kappa shape index (κ1) is 16.5. The van der Waals surface area contributed by atoms with Gasteiger partial charge in [-0.2, -0.15) is 0 Å². The maximum absolute atomic E-state index is 11.7. The molecule has 1 aromatic carbocycles. The molecule has 0 radical (unpaired) electrons. The van der Waals surface area contributed by atoms with Crippen LogP contribution in [0.2, 0.25) is 0 Å². The quantitative estimate of drug-likeness (QED) is 0.850. The van der Waals surface area contributed by atoms with Crippen LogP contribution >= 0.6 is 11.3 Å². The first-order valence-corrected chi connectivity index (χ1v) is 8.38. The van der Waals surface area contributed by atoms with E-state index in [9.17, 15) is 4.79 Å². The van der Waals surface area contributed by atoms with Crippen LogP contribution in [-0.4, -0.2) is 24.5 Å². The van der Waals surface area contributed by atoms with Crippen molar-refractivity contribution in [1.29, 1.82) is 0 Å². The molecule has 0 aliphatic heterocycles. The summed E-state index contributed by atoms with van der Waals surface area (Å²) in [5, 5.41) is 6.04. The fourth-order valence-corrected chi connectivity index (χ4v) is 2.78. The number of benzene rings is 1. The van der Waals surface area contributed by atoms with Crippen LogP contribution in [0.5, 0.6) is 5.75 Å². The topological polar surface area (TPSA) is 51.2 Å². The standard InChI is InChI=1S/C17H22N2O2S/c1-4-12(2)17(20)18-10-9-16-19-15(11-22-16)13-5-7-14(21-3)8-6-13/h5-8,11-12H,4,9-10H2,1-3H3,(H,18,20)/t12-/m1/s1. The summed E-state index contributed by atoms with van der Waals surface area (Å²) >= 11 is 1.63. The van der Waals surface area contributed by atoms with Crippen LogP contribution in [-0.2, 0) is 11.2 Å². The Bertz CT molecular complexity index is 607. The lowest BCUT2D eigenvalue weighted by molar-refractivity contribution is -0.124. The number of hydrogen-bond acceptors (Lipinski definition) is 4. The van der Waals surface area contributed by atoms with E-state index in [0.717, 1.165) is 34.9 Å². The Morgan fingerprint density at radius 3 is 2.73 bits per heavy atom. The Labute approximate surface area is 135 Å². The molecule has 0 saturated heterocycles. The summed E-state index contributed by atoms with van der Waals surface area (Å²) in [5.41, 5.74) is 2.04. The van der Waals surface area contributed by atoms with Gasteiger partial charge in [0, 0.05) is 29.8 Å². The van der Waals surface area contributed by atoms with Crippen molar-refractivity contribution in [3.8, 4) is 17.0 Å². The van der Waals surface area contributed by atoms with Crippen molar-refractivity contribution in [1.82, 2.24) is 10.3 Å². The fraction of sp³-hybridized carbons (Fsp3) is 0.412. The van der Waals surface area contributed by atoms with Crippen molar-refractivity contribution in [2.75, 3.05) is 13.7 Å². The summed E-state index contributed by atoms with van der Waals surface area (Å²) < 4.78 is 5.16. The Balaban J connectivity index is 1.89. The molecule has 1 aromatic heterocycles. The van der Waals surface area contributed by atoms with Gasteiger partial charge in [0.05, 0.1) is 17.8 Å². The van der Waals surface area contributed by atoms with Crippen molar-refractivity contribution in [3.05, 3.63) is 34.7 Å². The molecular weight excluding hydrogens is 296 g/mol.